The van der Waals surface area contributed by atoms with Gasteiger partial charge in [0.05, 0.1) is 5.57 Å². The lowest BCUT2D eigenvalue weighted by Crippen LogP contribution is -2.31. The summed E-state index contributed by atoms with van der Waals surface area (Å²) < 4.78 is 27.8. The summed E-state index contributed by atoms with van der Waals surface area (Å²) >= 11 is 0. The molecule has 0 aliphatic carbocycles. The SMILES string of the molecule is CC1=C(C)C(F)(F)O1. The van der Waals surface area contributed by atoms with E-state index in [1.807, 2.05) is 0 Å². The minimum atomic E-state index is -2.97. The fourth-order valence-corrected chi connectivity index (χ4v) is 0.504. The van der Waals surface area contributed by atoms with E-state index < -0.39 is 6.11 Å². The van der Waals surface area contributed by atoms with Gasteiger partial charge in [-0.25, -0.2) is 0 Å². The highest BCUT2D eigenvalue weighted by Gasteiger charge is 2.44. The van der Waals surface area contributed by atoms with Crippen LogP contribution >= 0.6 is 0 Å². The molecule has 1 heterocycles. The molecule has 1 nitrogen and oxygen atoms in total. The first kappa shape index (κ1) is 5.54. The van der Waals surface area contributed by atoms with Crippen molar-refractivity contribution in [1.82, 2.24) is 0 Å². The van der Waals surface area contributed by atoms with E-state index in [-0.39, 0.29) is 5.57 Å². The van der Waals surface area contributed by atoms with Gasteiger partial charge >= 0.3 is 6.11 Å². The van der Waals surface area contributed by atoms with Crippen molar-refractivity contribution >= 4 is 0 Å². The van der Waals surface area contributed by atoms with Gasteiger partial charge in [0.2, 0.25) is 0 Å². The molecule has 0 N–H and O–H groups in total. The smallest absolute Gasteiger partial charge is 0.425 e. The van der Waals surface area contributed by atoms with Crippen LogP contribution in [0.4, 0.5) is 8.78 Å². The lowest BCUT2D eigenvalue weighted by molar-refractivity contribution is -0.220. The quantitative estimate of drug-likeness (QED) is 0.474. The Bertz CT molecular complexity index is 149. The Kier molecular flexibility index (Phi) is 0.840. The number of ether oxygens (including phenoxy) is 1. The summed E-state index contributed by atoms with van der Waals surface area (Å²) in [6.45, 7) is 2.88. The second-order valence-corrected chi connectivity index (χ2v) is 1.80. The Morgan fingerprint density at radius 3 is 1.88 bits per heavy atom. The van der Waals surface area contributed by atoms with Crippen LogP contribution in [-0.4, -0.2) is 6.11 Å². The van der Waals surface area contributed by atoms with E-state index in [1.54, 1.807) is 0 Å². The van der Waals surface area contributed by atoms with E-state index in [2.05, 4.69) is 4.74 Å². The zero-order valence-corrected chi connectivity index (χ0v) is 4.66. The molecule has 8 heavy (non-hydrogen) atoms. The fraction of sp³-hybridized carbons (Fsp3) is 0.600. The monoisotopic (exact) mass is 120 g/mol. The maximum atomic E-state index is 11.9. The van der Waals surface area contributed by atoms with E-state index in [0.29, 0.717) is 5.76 Å². The fourth-order valence-electron chi connectivity index (χ4n) is 0.504. The van der Waals surface area contributed by atoms with Crippen LogP contribution in [-0.2, 0) is 4.74 Å². The number of hydrogen-bond acceptors (Lipinski definition) is 1. The molecule has 1 aliphatic rings. The predicted octanol–water partition coefficient (Wildman–Crippen LogP) is 1.90. The molecular weight excluding hydrogens is 114 g/mol. The molecule has 0 amide bonds. The largest absolute Gasteiger partial charge is 0.434 e. The van der Waals surface area contributed by atoms with E-state index in [9.17, 15) is 8.78 Å². The van der Waals surface area contributed by atoms with Crippen LogP contribution < -0.4 is 0 Å². The first-order valence-corrected chi connectivity index (χ1v) is 2.29. The van der Waals surface area contributed by atoms with Gasteiger partial charge in [-0.05, 0) is 13.8 Å². The summed E-state index contributed by atoms with van der Waals surface area (Å²) in [4.78, 5) is 0. The maximum absolute atomic E-state index is 11.9. The third-order valence-electron chi connectivity index (χ3n) is 1.25. The van der Waals surface area contributed by atoms with Crippen LogP contribution in [0.2, 0.25) is 0 Å². The van der Waals surface area contributed by atoms with Crippen molar-refractivity contribution < 1.29 is 13.5 Å². The number of alkyl halides is 2. The van der Waals surface area contributed by atoms with Gasteiger partial charge in [-0.2, -0.15) is 8.78 Å². The molecule has 0 unspecified atom stereocenters. The van der Waals surface area contributed by atoms with Crippen LogP contribution in [0.5, 0.6) is 0 Å². The number of rotatable bonds is 0. The summed E-state index contributed by atoms with van der Waals surface area (Å²) in [7, 11) is 0. The van der Waals surface area contributed by atoms with Gasteiger partial charge in [0.15, 0.2) is 0 Å². The Hall–Kier alpha value is -0.600. The van der Waals surface area contributed by atoms with Gasteiger partial charge in [0, 0.05) is 0 Å². The number of hydrogen-bond donors (Lipinski definition) is 0. The Morgan fingerprint density at radius 1 is 1.38 bits per heavy atom. The minimum Gasteiger partial charge on any atom is -0.434 e. The third-order valence-corrected chi connectivity index (χ3v) is 1.25. The zero-order valence-electron chi connectivity index (χ0n) is 4.66. The lowest BCUT2D eigenvalue weighted by Gasteiger charge is -2.29. The van der Waals surface area contributed by atoms with Crippen LogP contribution in [0.15, 0.2) is 11.3 Å². The first-order chi connectivity index (χ1) is 3.54. The van der Waals surface area contributed by atoms with Gasteiger partial charge in [-0.1, -0.05) is 0 Å². The molecule has 0 aromatic heterocycles. The second-order valence-electron chi connectivity index (χ2n) is 1.80. The van der Waals surface area contributed by atoms with Crippen LogP contribution in [0.25, 0.3) is 0 Å². The van der Waals surface area contributed by atoms with E-state index in [0.717, 1.165) is 0 Å². The van der Waals surface area contributed by atoms with E-state index >= 15 is 0 Å². The summed E-state index contributed by atoms with van der Waals surface area (Å²) in [5, 5.41) is 0. The molecule has 0 atom stereocenters. The van der Waals surface area contributed by atoms with Crippen molar-refractivity contribution in [1.29, 1.82) is 0 Å². The summed E-state index contributed by atoms with van der Waals surface area (Å²) in [6.07, 6.45) is -2.97. The highest BCUT2D eigenvalue weighted by Crippen LogP contribution is 2.38. The van der Waals surface area contributed by atoms with Crippen molar-refractivity contribution in [2.24, 2.45) is 0 Å². The van der Waals surface area contributed by atoms with Crippen molar-refractivity contribution in [2.45, 2.75) is 20.0 Å². The zero-order chi connectivity index (χ0) is 6.36. The molecule has 0 aromatic rings. The van der Waals surface area contributed by atoms with Crippen LogP contribution in [0, 0.1) is 0 Å². The molecular formula is C5H6F2O. The molecule has 1 aliphatic heterocycles. The summed E-state index contributed by atoms with van der Waals surface area (Å²) in [5.41, 5.74) is 0.0394. The second kappa shape index (κ2) is 1.21. The van der Waals surface area contributed by atoms with Crippen LogP contribution in [0.1, 0.15) is 13.8 Å². The standard InChI is InChI=1S/C5H6F2O/c1-3-4(2)8-5(3,6)7/h1-2H3. The topological polar surface area (TPSA) is 9.23 Å². The normalized spacial score (nSPS) is 24.5. The molecule has 46 valence electrons. The van der Waals surface area contributed by atoms with Gasteiger partial charge in [-0.3, -0.25) is 0 Å². The molecule has 0 bridgehead atoms. The van der Waals surface area contributed by atoms with Gasteiger partial charge in [-0.15, -0.1) is 0 Å². The minimum absolute atomic E-state index is 0.0394. The maximum Gasteiger partial charge on any atom is 0.425 e. The molecule has 0 spiro atoms. The van der Waals surface area contributed by atoms with Crippen molar-refractivity contribution in [3.05, 3.63) is 11.3 Å². The van der Waals surface area contributed by atoms with Gasteiger partial charge in [0.1, 0.15) is 5.76 Å². The Morgan fingerprint density at radius 2 is 1.88 bits per heavy atom. The van der Waals surface area contributed by atoms with Crippen molar-refractivity contribution in [3.63, 3.8) is 0 Å². The predicted molar refractivity (Wildman–Crippen MR) is 24.4 cm³/mol. The Labute approximate surface area is 45.9 Å². The highest BCUT2D eigenvalue weighted by atomic mass is 19.3. The summed E-state index contributed by atoms with van der Waals surface area (Å²) in [5.74, 6) is 0.343. The van der Waals surface area contributed by atoms with Crippen molar-refractivity contribution in [2.75, 3.05) is 0 Å². The molecule has 0 saturated heterocycles. The molecule has 0 saturated carbocycles. The molecule has 0 fully saturated rings. The summed E-state index contributed by atoms with van der Waals surface area (Å²) in [6, 6.07) is 0. The van der Waals surface area contributed by atoms with Crippen molar-refractivity contribution in [3.8, 4) is 0 Å². The third kappa shape index (κ3) is 0.504. The highest BCUT2D eigenvalue weighted by molar-refractivity contribution is 5.18. The van der Waals surface area contributed by atoms with E-state index in [4.69, 9.17) is 0 Å². The molecule has 1 rings (SSSR count). The average Bonchev–Trinajstić information content (AvgIpc) is 1.65. The lowest BCUT2D eigenvalue weighted by atomic mass is 10.2. The number of halogens is 2. The molecule has 3 heteroatoms. The molecule has 0 aromatic carbocycles. The van der Waals surface area contributed by atoms with Gasteiger partial charge in [0.25, 0.3) is 0 Å². The van der Waals surface area contributed by atoms with E-state index in [1.165, 1.54) is 13.8 Å². The first-order valence-electron chi connectivity index (χ1n) is 2.29. The Balaban J connectivity index is 2.80. The molecule has 0 radical (unpaired) electrons. The number of allylic oxidation sites excluding steroid dienone is 1. The van der Waals surface area contributed by atoms with Crippen LogP contribution in [0.3, 0.4) is 0 Å². The van der Waals surface area contributed by atoms with Gasteiger partial charge < -0.3 is 4.74 Å². The average molecular weight is 120 g/mol.